The van der Waals surface area contributed by atoms with E-state index in [4.69, 9.17) is 0 Å². The Bertz CT molecular complexity index is 1490. The molecule has 0 amide bonds. The number of hydrogen-bond acceptors (Lipinski definition) is 4. The highest BCUT2D eigenvalue weighted by Gasteiger charge is 2.30. The van der Waals surface area contributed by atoms with Gasteiger partial charge in [-0.3, -0.25) is 9.52 Å². The average Bonchev–Trinajstić information content (AvgIpc) is 2.85. The summed E-state index contributed by atoms with van der Waals surface area (Å²) in [6, 6.07) is 26.5. The number of nitrogens with one attached hydrogen (secondary N) is 2. The maximum absolute atomic E-state index is 13.1. The molecule has 4 aromatic carbocycles. The van der Waals surface area contributed by atoms with Crippen molar-refractivity contribution in [3.8, 4) is 0 Å². The predicted molar refractivity (Wildman–Crippen MR) is 137 cm³/mol. The molecule has 37 heavy (non-hydrogen) atoms. The molecule has 0 saturated heterocycles. The number of benzene rings is 4. The van der Waals surface area contributed by atoms with Crippen LogP contribution >= 0.6 is 0 Å². The first-order valence-corrected chi connectivity index (χ1v) is 12.8. The lowest BCUT2D eigenvalue weighted by molar-refractivity contribution is -0.137. The highest BCUT2D eigenvalue weighted by atomic mass is 32.2. The van der Waals surface area contributed by atoms with Crippen molar-refractivity contribution < 1.29 is 26.4 Å². The molecule has 0 aliphatic carbocycles. The number of Topliss-reactive ketones (excluding diaryl/α,β-unsaturated/α-hetero) is 1. The summed E-state index contributed by atoms with van der Waals surface area (Å²) < 4.78 is 67.7. The summed E-state index contributed by atoms with van der Waals surface area (Å²) in [4.78, 5) is 12.9. The lowest BCUT2D eigenvalue weighted by Gasteiger charge is -2.15. The van der Waals surface area contributed by atoms with Crippen molar-refractivity contribution in [2.45, 2.75) is 23.9 Å². The molecule has 0 aliphatic heterocycles. The number of halogens is 3. The highest BCUT2D eigenvalue weighted by Crippen LogP contribution is 2.30. The molecule has 4 aromatic rings. The highest BCUT2D eigenvalue weighted by molar-refractivity contribution is 7.92. The van der Waals surface area contributed by atoms with E-state index in [9.17, 15) is 26.4 Å². The zero-order chi connectivity index (χ0) is 26.5. The molecule has 2 N–H and O–H groups in total. The minimum atomic E-state index is -4.51. The van der Waals surface area contributed by atoms with E-state index in [0.29, 0.717) is 16.9 Å². The van der Waals surface area contributed by atoms with Crippen molar-refractivity contribution in [2.75, 3.05) is 10.0 Å². The van der Waals surface area contributed by atoms with Gasteiger partial charge < -0.3 is 5.32 Å². The smallest absolute Gasteiger partial charge is 0.355 e. The Labute approximate surface area is 213 Å². The van der Waals surface area contributed by atoms with Gasteiger partial charge in [0.25, 0.3) is 10.0 Å². The molecule has 5 nitrogen and oxygen atoms in total. The molecule has 0 saturated carbocycles. The number of carbonyl (C=O) groups excluding carboxylic acids is 1. The molecule has 0 atom stereocenters. The maximum atomic E-state index is 13.1. The van der Waals surface area contributed by atoms with Crippen LogP contribution in [0.4, 0.5) is 30.2 Å². The van der Waals surface area contributed by atoms with Crippen molar-refractivity contribution in [3.05, 3.63) is 120 Å². The van der Waals surface area contributed by atoms with Gasteiger partial charge in [-0.25, -0.2) is 8.42 Å². The summed E-state index contributed by atoms with van der Waals surface area (Å²) >= 11 is 0. The van der Waals surface area contributed by atoms with Crippen LogP contribution in [0.15, 0.2) is 108 Å². The molecule has 190 valence electrons. The number of para-hydroxylation sites is 2. The van der Waals surface area contributed by atoms with Crippen molar-refractivity contribution >= 4 is 32.9 Å². The summed E-state index contributed by atoms with van der Waals surface area (Å²) in [7, 11) is -3.96. The van der Waals surface area contributed by atoms with Gasteiger partial charge in [-0.15, -0.1) is 0 Å². The SMILES string of the molecule is O=C(Cc1cccc(C(F)(F)F)c1)Cc1cc(S(=O)(=O)Nc2ccccc2)ccc1Nc1ccccc1. The van der Waals surface area contributed by atoms with Crippen LogP contribution in [0.2, 0.25) is 0 Å². The van der Waals surface area contributed by atoms with Crippen molar-refractivity contribution in [1.29, 1.82) is 0 Å². The van der Waals surface area contributed by atoms with Gasteiger partial charge in [-0.1, -0.05) is 54.6 Å². The quantitative estimate of drug-likeness (QED) is 0.259. The lowest BCUT2D eigenvalue weighted by Crippen LogP contribution is -2.15. The van der Waals surface area contributed by atoms with Gasteiger partial charge in [0, 0.05) is 29.9 Å². The average molecular weight is 525 g/mol. The van der Waals surface area contributed by atoms with Gasteiger partial charge in [-0.2, -0.15) is 13.2 Å². The van der Waals surface area contributed by atoms with Crippen LogP contribution in [0.1, 0.15) is 16.7 Å². The molecule has 0 fully saturated rings. The Balaban J connectivity index is 1.62. The molecule has 0 spiro atoms. The van der Waals surface area contributed by atoms with E-state index in [-0.39, 0.29) is 29.1 Å². The first kappa shape index (κ1) is 26.0. The van der Waals surface area contributed by atoms with Gasteiger partial charge in [0.1, 0.15) is 5.78 Å². The fourth-order valence-electron chi connectivity index (χ4n) is 3.76. The normalized spacial score (nSPS) is 11.6. The number of sulfonamides is 1. The third-order valence-electron chi connectivity index (χ3n) is 5.51. The number of ketones is 1. The summed E-state index contributed by atoms with van der Waals surface area (Å²) in [5.41, 5.74) is 1.43. The van der Waals surface area contributed by atoms with Crippen molar-refractivity contribution in [2.24, 2.45) is 0 Å². The molecule has 0 heterocycles. The molecule has 4 rings (SSSR count). The van der Waals surface area contributed by atoms with Crippen molar-refractivity contribution in [1.82, 2.24) is 0 Å². The topological polar surface area (TPSA) is 75.3 Å². The minimum absolute atomic E-state index is 0.0446. The molecule has 0 radical (unpaired) electrons. The fraction of sp³-hybridized carbons (Fsp3) is 0.107. The number of alkyl halides is 3. The zero-order valence-corrected chi connectivity index (χ0v) is 20.3. The van der Waals surface area contributed by atoms with Gasteiger partial charge in [0.2, 0.25) is 0 Å². The van der Waals surface area contributed by atoms with Gasteiger partial charge in [0.15, 0.2) is 0 Å². The van der Waals surface area contributed by atoms with Crippen LogP contribution in [0.5, 0.6) is 0 Å². The van der Waals surface area contributed by atoms with E-state index in [1.165, 1.54) is 24.3 Å². The van der Waals surface area contributed by atoms with Crippen LogP contribution in [0, 0.1) is 0 Å². The first-order valence-electron chi connectivity index (χ1n) is 11.3. The summed E-state index contributed by atoms with van der Waals surface area (Å²) in [6.07, 6.45) is -4.92. The van der Waals surface area contributed by atoms with Gasteiger partial charge >= 0.3 is 6.18 Å². The molecule has 0 aliphatic rings. The predicted octanol–water partition coefficient (Wildman–Crippen LogP) is 6.60. The largest absolute Gasteiger partial charge is 0.416 e. The first-order chi connectivity index (χ1) is 17.6. The number of rotatable bonds is 9. The maximum Gasteiger partial charge on any atom is 0.416 e. The van der Waals surface area contributed by atoms with Crippen LogP contribution in [-0.4, -0.2) is 14.2 Å². The van der Waals surface area contributed by atoms with E-state index in [1.54, 1.807) is 36.4 Å². The standard InChI is InChI=1S/C28H23F3N2O3S/c29-28(30,31)22-9-7-8-20(16-22)17-25(34)18-21-19-26(37(35,36)33-24-12-5-2-6-13-24)14-15-27(21)32-23-10-3-1-4-11-23/h1-16,19,32-33H,17-18H2. The lowest BCUT2D eigenvalue weighted by atomic mass is 10.00. The van der Waals surface area contributed by atoms with Crippen LogP contribution < -0.4 is 10.0 Å². The van der Waals surface area contributed by atoms with Crippen LogP contribution in [-0.2, 0) is 33.8 Å². The van der Waals surface area contributed by atoms with Crippen LogP contribution in [0.25, 0.3) is 0 Å². The molecule has 0 bridgehead atoms. The third kappa shape index (κ3) is 6.98. The second-order valence-electron chi connectivity index (χ2n) is 8.37. The fourth-order valence-corrected chi connectivity index (χ4v) is 4.87. The van der Waals surface area contributed by atoms with Gasteiger partial charge in [0.05, 0.1) is 10.5 Å². The van der Waals surface area contributed by atoms with E-state index in [0.717, 1.165) is 17.8 Å². The Morgan fingerprint density at radius 1 is 0.730 bits per heavy atom. The second-order valence-corrected chi connectivity index (χ2v) is 10.1. The van der Waals surface area contributed by atoms with E-state index in [2.05, 4.69) is 10.0 Å². The summed E-state index contributed by atoms with van der Waals surface area (Å²) in [6.45, 7) is 0. The Morgan fingerprint density at radius 3 is 2.03 bits per heavy atom. The monoisotopic (exact) mass is 524 g/mol. The van der Waals surface area contributed by atoms with E-state index < -0.39 is 21.8 Å². The molecular formula is C28H23F3N2O3S. The Hall–Kier alpha value is -4.11. The zero-order valence-electron chi connectivity index (χ0n) is 19.5. The van der Waals surface area contributed by atoms with E-state index >= 15 is 0 Å². The molecule has 0 aromatic heterocycles. The number of hydrogen-bond donors (Lipinski definition) is 2. The summed E-state index contributed by atoms with van der Waals surface area (Å²) in [5.74, 6) is -0.360. The number of anilines is 3. The summed E-state index contributed by atoms with van der Waals surface area (Å²) in [5, 5.41) is 3.18. The second kappa shape index (κ2) is 10.9. The van der Waals surface area contributed by atoms with Gasteiger partial charge in [-0.05, 0) is 59.7 Å². The Kier molecular flexibility index (Phi) is 7.63. The van der Waals surface area contributed by atoms with Crippen molar-refractivity contribution in [3.63, 3.8) is 0 Å². The molecule has 9 heteroatoms. The third-order valence-corrected chi connectivity index (χ3v) is 6.89. The molecule has 0 unspecified atom stereocenters. The van der Waals surface area contributed by atoms with Crippen LogP contribution in [0.3, 0.4) is 0 Å². The number of carbonyl (C=O) groups is 1. The Morgan fingerprint density at radius 2 is 1.38 bits per heavy atom. The molecular weight excluding hydrogens is 501 g/mol. The van der Waals surface area contributed by atoms with E-state index in [1.807, 2.05) is 30.3 Å². The minimum Gasteiger partial charge on any atom is -0.355 e.